The van der Waals surface area contributed by atoms with Crippen molar-refractivity contribution >= 4 is 29.3 Å². The van der Waals surface area contributed by atoms with Gasteiger partial charge in [0, 0.05) is 34.3 Å². The predicted molar refractivity (Wildman–Crippen MR) is 118 cm³/mol. The fourth-order valence-electron chi connectivity index (χ4n) is 3.33. The highest BCUT2D eigenvalue weighted by Gasteiger charge is 2.33. The smallest absolute Gasteiger partial charge is 0.254 e. The summed E-state index contributed by atoms with van der Waals surface area (Å²) in [7, 11) is 0. The minimum absolute atomic E-state index is 0.0403. The van der Waals surface area contributed by atoms with Gasteiger partial charge in [-0.3, -0.25) is 9.59 Å². The van der Waals surface area contributed by atoms with Crippen molar-refractivity contribution in [1.29, 1.82) is 0 Å². The molecule has 0 radical (unpaired) electrons. The Bertz CT molecular complexity index is 1140. The Morgan fingerprint density at radius 1 is 1.29 bits per heavy atom. The van der Waals surface area contributed by atoms with Crippen LogP contribution in [-0.2, 0) is 17.8 Å². The van der Waals surface area contributed by atoms with E-state index in [2.05, 4.69) is 20.2 Å². The van der Waals surface area contributed by atoms with Gasteiger partial charge in [-0.05, 0) is 56.7 Å². The largest absolute Gasteiger partial charge is 0.419 e. The number of thioether (sulfide) groups is 1. The third kappa shape index (κ3) is 5.16. The van der Waals surface area contributed by atoms with Gasteiger partial charge in [0.25, 0.3) is 5.56 Å². The lowest BCUT2D eigenvalue weighted by atomic mass is 10.1. The number of hydrogen-bond acceptors (Lipinski definition) is 7. The van der Waals surface area contributed by atoms with E-state index in [1.807, 2.05) is 6.26 Å². The Morgan fingerprint density at radius 3 is 2.68 bits per heavy atom. The topological polar surface area (TPSA) is 105 Å². The van der Waals surface area contributed by atoms with Gasteiger partial charge in [0.2, 0.25) is 17.7 Å². The van der Waals surface area contributed by atoms with Crippen molar-refractivity contribution in [2.24, 2.45) is 0 Å². The fraction of sp³-hybridized carbons (Fsp3) is 0.381. The standard InChI is InChI=1S/C21H22ClN5O3S/c1-12-16(19(29)24-21(23-12)31-2)9-10-18(28)27(15-7-8-15)11-17-25-26-20(30-17)13-3-5-14(22)6-4-13/h3-6,15H,7-11H2,1-2H3,(H,23,24,29). The van der Waals surface area contributed by atoms with E-state index in [-0.39, 0.29) is 30.5 Å². The average Bonchev–Trinajstić information content (AvgIpc) is 3.49. The lowest BCUT2D eigenvalue weighted by Crippen LogP contribution is -2.33. The molecule has 0 aliphatic heterocycles. The van der Waals surface area contributed by atoms with Gasteiger partial charge in [-0.15, -0.1) is 10.2 Å². The number of amides is 1. The van der Waals surface area contributed by atoms with Crippen molar-refractivity contribution in [3.63, 3.8) is 0 Å². The first-order valence-corrected chi connectivity index (χ1v) is 11.6. The first-order chi connectivity index (χ1) is 14.9. The van der Waals surface area contributed by atoms with E-state index in [0.717, 1.165) is 18.4 Å². The van der Waals surface area contributed by atoms with Crippen LogP contribution >= 0.6 is 23.4 Å². The van der Waals surface area contributed by atoms with E-state index < -0.39 is 0 Å². The minimum Gasteiger partial charge on any atom is -0.419 e. The van der Waals surface area contributed by atoms with E-state index in [0.29, 0.717) is 39.6 Å². The number of H-pyrrole nitrogens is 1. The molecule has 0 bridgehead atoms. The van der Waals surface area contributed by atoms with Gasteiger partial charge < -0.3 is 14.3 Å². The summed E-state index contributed by atoms with van der Waals surface area (Å²) in [5.74, 6) is 0.726. The van der Waals surface area contributed by atoms with Gasteiger partial charge >= 0.3 is 0 Å². The summed E-state index contributed by atoms with van der Waals surface area (Å²) in [6.45, 7) is 2.05. The minimum atomic E-state index is -0.188. The third-order valence-electron chi connectivity index (χ3n) is 5.15. The second kappa shape index (κ2) is 9.23. The molecule has 1 fully saturated rings. The predicted octanol–water partition coefficient (Wildman–Crippen LogP) is 3.63. The Balaban J connectivity index is 1.43. The molecule has 3 aromatic rings. The molecule has 31 heavy (non-hydrogen) atoms. The second-order valence-corrected chi connectivity index (χ2v) is 8.63. The molecule has 0 atom stereocenters. The van der Waals surface area contributed by atoms with Crippen molar-refractivity contribution in [2.75, 3.05) is 6.26 Å². The zero-order valence-corrected chi connectivity index (χ0v) is 18.8. The molecule has 0 unspecified atom stereocenters. The number of aromatic amines is 1. The Morgan fingerprint density at radius 2 is 2.03 bits per heavy atom. The lowest BCUT2D eigenvalue weighted by molar-refractivity contribution is -0.132. The van der Waals surface area contributed by atoms with Crippen LogP contribution in [0.3, 0.4) is 0 Å². The van der Waals surface area contributed by atoms with Crippen LogP contribution in [0.2, 0.25) is 5.02 Å². The van der Waals surface area contributed by atoms with Crippen molar-refractivity contribution in [3.8, 4) is 11.5 Å². The summed E-state index contributed by atoms with van der Waals surface area (Å²) in [6, 6.07) is 7.30. The lowest BCUT2D eigenvalue weighted by Gasteiger charge is -2.20. The first kappa shape index (κ1) is 21.6. The Hall–Kier alpha value is -2.65. The molecule has 162 valence electrons. The summed E-state index contributed by atoms with van der Waals surface area (Å²) in [5.41, 5.74) is 1.78. The summed E-state index contributed by atoms with van der Waals surface area (Å²) in [6.07, 6.45) is 4.31. The molecule has 0 spiro atoms. The quantitative estimate of drug-likeness (QED) is 0.405. The van der Waals surface area contributed by atoms with Crippen molar-refractivity contribution in [1.82, 2.24) is 25.1 Å². The second-order valence-electron chi connectivity index (χ2n) is 7.40. The van der Waals surface area contributed by atoms with Crippen molar-refractivity contribution in [2.45, 2.75) is 50.4 Å². The van der Waals surface area contributed by atoms with E-state index in [9.17, 15) is 9.59 Å². The van der Waals surface area contributed by atoms with Crippen LogP contribution in [0.25, 0.3) is 11.5 Å². The van der Waals surface area contributed by atoms with Crippen LogP contribution in [0.5, 0.6) is 0 Å². The van der Waals surface area contributed by atoms with Crippen LogP contribution in [0.1, 0.15) is 36.4 Å². The molecule has 4 rings (SSSR count). The van der Waals surface area contributed by atoms with Gasteiger partial charge in [0.15, 0.2) is 5.16 Å². The van der Waals surface area contributed by atoms with Crippen molar-refractivity contribution in [3.05, 3.63) is 56.8 Å². The molecule has 1 aliphatic rings. The highest BCUT2D eigenvalue weighted by Crippen LogP contribution is 2.30. The van der Waals surface area contributed by atoms with E-state index >= 15 is 0 Å². The number of nitrogens with one attached hydrogen (secondary N) is 1. The summed E-state index contributed by atoms with van der Waals surface area (Å²) in [4.78, 5) is 34.2. The Labute approximate surface area is 188 Å². The molecule has 8 nitrogen and oxygen atoms in total. The van der Waals surface area contributed by atoms with E-state index in [4.69, 9.17) is 16.0 Å². The highest BCUT2D eigenvalue weighted by molar-refractivity contribution is 7.98. The molecular weight excluding hydrogens is 438 g/mol. The molecule has 1 N–H and O–H groups in total. The molecule has 2 heterocycles. The number of hydrogen-bond donors (Lipinski definition) is 1. The zero-order chi connectivity index (χ0) is 22.0. The van der Waals surface area contributed by atoms with E-state index in [1.54, 1.807) is 36.1 Å². The molecular formula is C21H22ClN5O3S. The van der Waals surface area contributed by atoms with Gasteiger partial charge in [0.05, 0.1) is 6.54 Å². The maximum atomic E-state index is 12.9. The normalized spacial score (nSPS) is 13.4. The maximum absolute atomic E-state index is 12.9. The molecule has 1 amide bonds. The first-order valence-electron chi connectivity index (χ1n) is 9.96. The van der Waals surface area contributed by atoms with E-state index in [1.165, 1.54) is 11.8 Å². The summed E-state index contributed by atoms with van der Waals surface area (Å²) in [5, 5.41) is 9.39. The summed E-state index contributed by atoms with van der Waals surface area (Å²) >= 11 is 7.30. The van der Waals surface area contributed by atoms with Crippen molar-refractivity contribution < 1.29 is 9.21 Å². The molecule has 0 saturated heterocycles. The van der Waals surface area contributed by atoms with Crippen LogP contribution in [0.4, 0.5) is 0 Å². The van der Waals surface area contributed by atoms with Crippen LogP contribution in [0, 0.1) is 6.92 Å². The summed E-state index contributed by atoms with van der Waals surface area (Å²) < 4.78 is 5.77. The van der Waals surface area contributed by atoms with Crippen LogP contribution in [-0.4, -0.2) is 43.3 Å². The number of carbonyl (C=O) groups excluding carboxylic acids is 1. The third-order valence-corrected chi connectivity index (χ3v) is 5.99. The monoisotopic (exact) mass is 459 g/mol. The number of nitrogens with zero attached hydrogens (tertiary/aromatic N) is 4. The molecule has 2 aromatic heterocycles. The zero-order valence-electron chi connectivity index (χ0n) is 17.2. The number of aromatic nitrogens is 4. The molecule has 1 aliphatic carbocycles. The number of benzene rings is 1. The SMILES string of the molecule is CSc1nc(C)c(CCC(=O)N(Cc2nnc(-c3ccc(Cl)cc3)o2)C2CC2)c(=O)[nH]1. The number of halogens is 1. The number of aryl methyl sites for hydroxylation is 1. The van der Waals surface area contributed by atoms with Crippen LogP contribution in [0.15, 0.2) is 38.6 Å². The molecule has 1 saturated carbocycles. The van der Waals surface area contributed by atoms with Gasteiger partial charge in [-0.1, -0.05) is 23.4 Å². The fourth-order valence-corrected chi connectivity index (χ4v) is 3.88. The molecule has 10 heteroatoms. The van der Waals surface area contributed by atoms with Crippen LogP contribution < -0.4 is 5.56 Å². The Kier molecular flexibility index (Phi) is 6.43. The van der Waals surface area contributed by atoms with Gasteiger partial charge in [0.1, 0.15) is 0 Å². The van der Waals surface area contributed by atoms with Gasteiger partial charge in [-0.2, -0.15) is 0 Å². The highest BCUT2D eigenvalue weighted by atomic mass is 35.5. The maximum Gasteiger partial charge on any atom is 0.254 e. The number of carbonyl (C=O) groups is 1. The molecule has 1 aromatic carbocycles. The number of rotatable bonds is 8. The average molecular weight is 460 g/mol. The van der Waals surface area contributed by atoms with Gasteiger partial charge in [-0.25, -0.2) is 4.98 Å².